The van der Waals surface area contributed by atoms with Crippen LogP contribution in [0, 0.1) is 5.92 Å². The lowest BCUT2D eigenvalue weighted by Crippen LogP contribution is -2.50. The van der Waals surface area contributed by atoms with Gasteiger partial charge in [0.2, 0.25) is 0 Å². The van der Waals surface area contributed by atoms with E-state index in [0.29, 0.717) is 12.8 Å². The van der Waals surface area contributed by atoms with E-state index < -0.39 is 23.3 Å². The molecule has 0 aromatic carbocycles. The average Bonchev–Trinajstić information content (AvgIpc) is 2.58. The molecule has 18 heavy (non-hydrogen) atoms. The molecule has 1 saturated carbocycles. The average molecular weight is 255 g/mol. The minimum atomic E-state index is -1.35. The van der Waals surface area contributed by atoms with Gasteiger partial charge in [-0.1, -0.05) is 19.3 Å². The minimum absolute atomic E-state index is 0.374. The number of hydrogen-bond donors (Lipinski definition) is 0. The highest BCUT2D eigenvalue weighted by Crippen LogP contribution is 2.42. The van der Waals surface area contributed by atoms with Crippen molar-refractivity contribution in [2.75, 3.05) is 14.2 Å². The van der Waals surface area contributed by atoms with Crippen molar-refractivity contribution in [3.8, 4) is 0 Å². The lowest BCUT2D eigenvalue weighted by atomic mass is 9.78. The molecule has 1 amide bonds. The number of ketones is 1. The Labute approximate surface area is 105 Å². The quantitative estimate of drug-likeness (QED) is 0.529. The number of rotatable bonds is 2. The summed E-state index contributed by atoms with van der Waals surface area (Å²) in [5.41, 5.74) is -0.955. The van der Waals surface area contributed by atoms with Crippen LogP contribution in [-0.2, 0) is 24.0 Å². The van der Waals surface area contributed by atoms with E-state index >= 15 is 0 Å². The number of carbonyl (C=O) groups is 3. The Bertz CT molecular complexity index is 386. The summed E-state index contributed by atoms with van der Waals surface area (Å²) in [5, 5.41) is 1.09. The molecule has 2 aliphatic rings. The molecule has 1 unspecified atom stereocenters. The minimum Gasteiger partial charge on any atom is -0.468 e. The number of ether oxygens (including phenoxy) is 1. The van der Waals surface area contributed by atoms with Crippen molar-refractivity contribution >= 4 is 17.7 Å². The monoisotopic (exact) mass is 255 g/mol. The summed E-state index contributed by atoms with van der Waals surface area (Å²) >= 11 is 0. The molecule has 0 aromatic rings. The Morgan fingerprint density at radius 1 is 1.22 bits per heavy atom. The standard InChI is InChI=1S/C12H17NO5/c1-17-11(16)8-9(14)12(6-4-3-5-7-12)13(18-2)10(8)15/h8H,3-7H2,1-2H3. The van der Waals surface area contributed by atoms with Gasteiger partial charge in [0.15, 0.2) is 11.7 Å². The van der Waals surface area contributed by atoms with Crippen LogP contribution in [0.2, 0.25) is 0 Å². The maximum absolute atomic E-state index is 12.4. The van der Waals surface area contributed by atoms with Crippen LogP contribution in [0.5, 0.6) is 0 Å². The van der Waals surface area contributed by atoms with Gasteiger partial charge in [0.05, 0.1) is 14.2 Å². The van der Waals surface area contributed by atoms with Crippen LogP contribution >= 0.6 is 0 Å². The second kappa shape index (κ2) is 4.68. The molecule has 0 N–H and O–H groups in total. The van der Waals surface area contributed by atoms with E-state index in [-0.39, 0.29) is 5.78 Å². The van der Waals surface area contributed by atoms with E-state index in [0.717, 1.165) is 24.3 Å². The predicted molar refractivity (Wildman–Crippen MR) is 60.2 cm³/mol. The molecule has 1 heterocycles. The van der Waals surface area contributed by atoms with Crippen molar-refractivity contribution in [3.05, 3.63) is 0 Å². The number of amides is 1. The van der Waals surface area contributed by atoms with Gasteiger partial charge in [0, 0.05) is 0 Å². The molecule has 0 radical (unpaired) electrons. The maximum Gasteiger partial charge on any atom is 0.326 e. The number of carbonyl (C=O) groups excluding carboxylic acids is 3. The fourth-order valence-electron chi connectivity index (χ4n) is 2.99. The van der Waals surface area contributed by atoms with Gasteiger partial charge in [-0.3, -0.25) is 19.2 Å². The van der Waals surface area contributed by atoms with E-state index in [4.69, 9.17) is 4.84 Å². The van der Waals surface area contributed by atoms with Gasteiger partial charge < -0.3 is 4.74 Å². The number of methoxy groups -OCH3 is 1. The Balaban J connectivity index is 2.38. The van der Waals surface area contributed by atoms with Crippen molar-refractivity contribution in [1.29, 1.82) is 0 Å². The number of Topliss-reactive ketones (excluding diaryl/α,β-unsaturated/α-hetero) is 1. The molecule has 100 valence electrons. The maximum atomic E-state index is 12.4. The molecule has 6 heteroatoms. The first-order valence-electron chi connectivity index (χ1n) is 6.09. The zero-order chi connectivity index (χ0) is 13.3. The molecule has 1 aliphatic carbocycles. The fourth-order valence-corrected chi connectivity index (χ4v) is 2.99. The van der Waals surface area contributed by atoms with Crippen LogP contribution in [0.4, 0.5) is 0 Å². The van der Waals surface area contributed by atoms with Gasteiger partial charge in [-0.25, -0.2) is 5.06 Å². The molecule has 0 aromatic heterocycles. The van der Waals surface area contributed by atoms with Gasteiger partial charge in [-0.2, -0.15) is 0 Å². The number of nitrogens with zero attached hydrogens (tertiary/aromatic N) is 1. The third-order valence-electron chi connectivity index (χ3n) is 3.86. The molecule has 6 nitrogen and oxygen atoms in total. The first-order valence-corrected chi connectivity index (χ1v) is 6.09. The molecular weight excluding hydrogens is 238 g/mol. The summed E-state index contributed by atoms with van der Waals surface area (Å²) in [6.07, 6.45) is 3.85. The lowest BCUT2D eigenvalue weighted by Gasteiger charge is -2.37. The van der Waals surface area contributed by atoms with E-state index in [1.807, 2.05) is 0 Å². The van der Waals surface area contributed by atoms with Crippen LogP contribution in [0.1, 0.15) is 32.1 Å². The summed E-state index contributed by atoms with van der Waals surface area (Å²) in [4.78, 5) is 41.2. The predicted octanol–water partition coefficient (Wildman–Crippen LogP) is 0.451. The highest BCUT2D eigenvalue weighted by atomic mass is 16.7. The van der Waals surface area contributed by atoms with Crippen LogP contribution in [0.15, 0.2) is 0 Å². The van der Waals surface area contributed by atoms with E-state index in [1.165, 1.54) is 14.2 Å². The topological polar surface area (TPSA) is 72.9 Å². The third-order valence-corrected chi connectivity index (χ3v) is 3.86. The Morgan fingerprint density at radius 3 is 2.33 bits per heavy atom. The summed E-state index contributed by atoms with van der Waals surface area (Å²) in [7, 11) is 2.52. The molecule has 1 saturated heterocycles. The molecule has 2 rings (SSSR count). The number of esters is 1. The largest absolute Gasteiger partial charge is 0.468 e. The van der Waals surface area contributed by atoms with Crippen LogP contribution in [0.25, 0.3) is 0 Å². The van der Waals surface area contributed by atoms with Crippen LogP contribution in [-0.4, -0.2) is 42.5 Å². The fraction of sp³-hybridized carbons (Fsp3) is 0.750. The van der Waals surface area contributed by atoms with E-state index in [9.17, 15) is 14.4 Å². The van der Waals surface area contributed by atoms with Gasteiger partial charge in [-0.05, 0) is 12.8 Å². The molecule has 2 fully saturated rings. The zero-order valence-corrected chi connectivity index (χ0v) is 10.6. The van der Waals surface area contributed by atoms with Crippen LogP contribution < -0.4 is 0 Å². The highest BCUT2D eigenvalue weighted by Gasteiger charge is 2.62. The van der Waals surface area contributed by atoms with E-state index in [1.54, 1.807) is 0 Å². The van der Waals surface area contributed by atoms with Crippen LogP contribution in [0.3, 0.4) is 0 Å². The summed E-state index contributed by atoms with van der Waals surface area (Å²) in [5.74, 6) is -3.13. The second-order valence-electron chi connectivity index (χ2n) is 4.73. The molecule has 1 atom stereocenters. The summed E-state index contributed by atoms with van der Waals surface area (Å²) in [6.45, 7) is 0. The Hall–Kier alpha value is -1.43. The SMILES string of the molecule is COC(=O)C1C(=O)N(OC)C2(CCCCC2)C1=O. The molecule has 0 bridgehead atoms. The normalized spacial score (nSPS) is 26.8. The van der Waals surface area contributed by atoms with Crippen molar-refractivity contribution in [2.45, 2.75) is 37.6 Å². The van der Waals surface area contributed by atoms with Gasteiger partial charge >= 0.3 is 5.97 Å². The van der Waals surface area contributed by atoms with E-state index in [2.05, 4.69) is 4.74 Å². The smallest absolute Gasteiger partial charge is 0.326 e. The molecule has 1 spiro atoms. The third kappa shape index (κ3) is 1.63. The van der Waals surface area contributed by atoms with Crippen molar-refractivity contribution in [2.24, 2.45) is 5.92 Å². The van der Waals surface area contributed by atoms with Gasteiger partial charge in [-0.15, -0.1) is 0 Å². The zero-order valence-electron chi connectivity index (χ0n) is 10.6. The van der Waals surface area contributed by atoms with Crippen molar-refractivity contribution < 1.29 is 24.0 Å². The number of hydrogen-bond acceptors (Lipinski definition) is 5. The van der Waals surface area contributed by atoms with Crippen molar-refractivity contribution in [1.82, 2.24) is 5.06 Å². The highest BCUT2D eigenvalue weighted by molar-refractivity contribution is 6.23. The summed E-state index contributed by atoms with van der Waals surface area (Å²) in [6, 6.07) is 0. The van der Waals surface area contributed by atoms with Gasteiger partial charge in [0.1, 0.15) is 5.54 Å². The molecule has 1 aliphatic heterocycles. The molecular formula is C12H17NO5. The van der Waals surface area contributed by atoms with Crippen molar-refractivity contribution in [3.63, 3.8) is 0 Å². The lowest BCUT2D eigenvalue weighted by molar-refractivity contribution is -0.201. The Morgan fingerprint density at radius 2 is 1.83 bits per heavy atom. The Kier molecular flexibility index (Phi) is 3.38. The number of hydroxylamine groups is 2. The second-order valence-corrected chi connectivity index (χ2v) is 4.73. The first kappa shape index (κ1) is 13.0. The van der Waals surface area contributed by atoms with Gasteiger partial charge in [0.25, 0.3) is 5.91 Å². The first-order chi connectivity index (χ1) is 8.58. The summed E-state index contributed by atoms with van der Waals surface area (Å²) < 4.78 is 4.54.